The number of nitrogens with zero attached hydrogens (tertiary/aromatic N) is 1. The topological polar surface area (TPSA) is 151 Å². The van der Waals surface area contributed by atoms with E-state index in [9.17, 15) is 24.9 Å². The Kier molecular flexibility index (Phi) is 4.71. The van der Waals surface area contributed by atoms with Crippen molar-refractivity contribution in [1.29, 1.82) is 0 Å². The molecular formula is C13H18N3O6+. The molecule has 0 aromatic carbocycles. The van der Waals surface area contributed by atoms with Crippen molar-refractivity contribution in [3.8, 4) is 0 Å². The summed E-state index contributed by atoms with van der Waals surface area (Å²) in [5.74, 6) is 0. The molecule has 0 amide bonds. The molecule has 6 N–H and O–H groups in total. The van der Waals surface area contributed by atoms with Gasteiger partial charge in [0, 0.05) is 0 Å². The fourth-order valence-electron chi connectivity index (χ4n) is 2.24. The second kappa shape index (κ2) is 6.36. The molecule has 2 aromatic heterocycles. The molecule has 0 aliphatic rings. The van der Waals surface area contributed by atoms with Gasteiger partial charge in [0.05, 0.1) is 12.8 Å². The predicted molar refractivity (Wildman–Crippen MR) is 75.2 cm³/mol. The Balaban J connectivity index is 2.47. The van der Waals surface area contributed by atoms with Gasteiger partial charge in [0.1, 0.15) is 30.2 Å². The van der Waals surface area contributed by atoms with Gasteiger partial charge in [0.15, 0.2) is 0 Å². The summed E-state index contributed by atoms with van der Waals surface area (Å²) in [5, 5.41) is 38.0. The highest BCUT2D eigenvalue weighted by Gasteiger charge is 2.27. The minimum atomic E-state index is -1.57. The monoisotopic (exact) mass is 312 g/mol. The summed E-state index contributed by atoms with van der Waals surface area (Å²) in [6.07, 6.45) is -2.88. The van der Waals surface area contributed by atoms with E-state index in [2.05, 4.69) is 9.97 Å². The third-order valence-electron chi connectivity index (χ3n) is 3.34. The van der Waals surface area contributed by atoms with Gasteiger partial charge in [-0.25, -0.2) is 9.36 Å². The summed E-state index contributed by atoms with van der Waals surface area (Å²) in [6.45, 7) is 0.843. The number of aromatic amines is 2. The molecule has 0 aliphatic heterocycles. The number of hydrogen-bond acceptors (Lipinski definition) is 6. The lowest BCUT2D eigenvalue weighted by atomic mass is 10.1. The lowest BCUT2D eigenvalue weighted by Crippen LogP contribution is -2.50. The Morgan fingerprint density at radius 2 is 1.86 bits per heavy atom. The summed E-state index contributed by atoms with van der Waals surface area (Å²) in [4.78, 5) is 27.8. The molecule has 0 aliphatic carbocycles. The molecule has 0 bridgehead atoms. The third-order valence-corrected chi connectivity index (χ3v) is 3.34. The molecule has 9 heteroatoms. The fraction of sp³-hybridized carbons (Fsp3) is 0.462. The largest absolute Gasteiger partial charge is 0.413 e. The summed E-state index contributed by atoms with van der Waals surface area (Å²) < 4.78 is 1.40. The van der Waals surface area contributed by atoms with Gasteiger partial charge in [-0.05, 0) is 18.6 Å². The molecule has 2 heterocycles. The van der Waals surface area contributed by atoms with Gasteiger partial charge in [-0.3, -0.25) is 9.78 Å². The van der Waals surface area contributed by atoms with Gasteiger partial charge in [0.2, 0.25) is 0 Å². The molecule has 0 unspecified atom stereocenters. The number of aryl methyl sites for hydroxylation is 1. The number of pyridine rings is 1. The molecule has 120 valence electrons. The van der Waals surface area contributed by atoms with E-state index in [1.165, 1.54) is 4.57 Å². The van der Waals surface area contributed by atoms with E-state index in [1.54, 1.807) is 19.2 Å². The van der Waals surface area contributed by atoms with Crippen LogP contribution in [0.1, 0.15) is 5.56 Å². The van der Waals surface area contributed by atoms with Gasteiger partial charge in [-0.1, -0.05) is 0 Å². The average molecular weight is 312 g/mol. The number of aliphatic hydroxyl groups excluding tert-OH is 4. The van der Waals surface area contributed by atoms with Crippen LogP contribution in [-0.4, -0.2) is 55.3 Å². The molecule has 22 heavy (non-hydrogen) atoms. The number of aliphatic hydroxyl groups is 4. The summed E-state index contributed by atoms with van der Waals surface area (Å²) in [5.41, 5.74) is -0.374. The molecule has 9 nitrogen and oxygen atoms in total. The summed E-state index contributed by atoms with van der Waals surface area (Å²) >= 11 is 0. The summed E-state index contributed by atoms with van der Waals surface area (Å²) in [7, 11) is 0. The van der Waals surface area contributed by atoms with Crippen molar-refractivity contribution in [3.05, 3.63) is 38.7 Å². The van der Waals surface area contributed by atoms with Gasteiger partial charge >= 0.3 is 5.69 Å². The van der Waals surface area contributed by atoms with Crippen LogP contribution in [0.3, 0.4) is 0 Å². The van der Waals surface area contributed by atoms with Gasteiger partial charge < -0.3 is 20.4 Å². The van der Waals surface area contributed by atoms with Crippen LogP contribution in [-0.2, 0) is 6.54 Å². The second-order valence-corrected chi connectivity index (χ2v) is 5.15. The number of hydrogen-bond donors (Lipinski definition) is 6. The lowest BCUT2D eigenvalue weighted by Gasteiger charge is -2.20. The van der Waals surface area contributed by atoms with E-state index in [1.807, 2.05) is 0 Å². The van der Waals surface area contributed by atoms with Crippen molar-refractivity contribution in [2.45, 2.75) is 31.8 Å². The van der Waals surface area contributed by atoms with Crippen molar-refractivity contribution in [2.24, 2.45) is 0 Å². The van der Waals surface area contributed by atoms with Crippen molar-refractivity contribution >= 4 is 11.0 Å². The quantitative estimate of drug-likeness (QED) is 0.322. The van der Waals surface area contributed by atoms with E-state index in [0.717, 1.165) is 0 Å². The van der Waals surface area contributed by atoms with Crippen molar-refractivity contribution < 1.29 is 25.0 Å². The van der Waals surface area contributed by atoms with E-state index in [-0.39, 0.29) is 17.6 Å². The van der Waals surface area contributed by atoms with Crippen LogP contribution in [0.25, 0.3) is 11.0 Å². The zero-order valence-corrected chi connectivity index (χ0v) is 11.9. The van der Waals surface area contributed by atoms with Crippen LogP contribution in [0.2, 0.25) is 0 Å². The van der Waals surface area contributed by atoms with E-state index < -0.39 is 36.2 Å². The molecule has 2 aromatic rings. The van der Waals surface area contributed by atoms with Crippen LogP contribution in [0.15, 0.2) is 21.9 Å². The van der Waals surface area contributed by atoms with E-state index >= 15 is 0 Å². The first kappa shape index (κ1) is 16.3. The minimum absolute atomic E-state index is 0.184. The van der Waals surface area contributed by atoms with Crippen molar-refractivity contribution in [1.82, 2.24) is 9.97 Å². The number of fused-ring (bicyclic) bond motifs is 1. The van der Waals surface area contributed by atoms with Crippen LogP contribution in [0.4, 0.5) is 0 Å². The second-order valence-electron chi connectivity index (χ2n) is 5.15. The highest BCUT2D eigenvalue weighted by molar-refractivity contribution is 5.70. The number of rotatable bonds is 5. The van der Waals surface area contributed by atoms with Crippen LogP contribution < -0.4 is 15.8 Å². The molecule has 0 spiro atoms. The van der Waals surface area contributed by atoms with Crippen LogP contribution in [0.5, 0.6) is 0 Å². The van der Waals surface area contributed by atoms with Gasteiger partial charge in [-0.15, -0.1) is 0 Å². The van der Waals surface area contributed by atoms with Gasteiger partial charge in [-0.2, -0.15) is 4.98 Å². The highest BCUT2D eigenvalue weighted by atomic mass is 16.4. The molecule has 0 saturated heterocycles. The smallest absolute Gasteiger partial charge is 0.394 e. The van der Waals surface area contributed by atoms with E-state index in [0.29, 0.717) is 5.56 Å². The van der Waals surface area contributed by atoms with Gasteiger partial charge in [0.25, 0.3) is 11.2 Å². The maximum Gasteiger partial charge on any atom is 0.413 e. The lowest BCUT2D eigenvalue weighted by molar-refractivity contribution is -0.682. The Hall–Kier alpha value is -2.07. The number of nitrogens with one attached hydrogen (secondary N) is 2. The predicted octanol–water partition coefficient (Wildman–Crippen LogP) is -3.11. The first-order chi connectivity index (χ1) is 10.3. The SMILES string of the molecule is Cc1cc2c(=O)[nH]c(=O)[nH]c2[n+](C[C@H](O)[C@H](O)[C@H](O)CO)c1. The first-order valence-electron chi connectivity index (χ1n) is 6.65. The molecule has 0 fully saturated rings. The fourth-order valence-corrected chi connectivity index (χ4v) is 2.24. The molecule has 2 rings (SSSR count). The van der Waals surface area contributed by atoms with Crippen LogP contribution in [0, 0.1) is 6.92 Å². The number of aromatic nitrogens is 3. The van der Waals surface area contributed by atoms with Crippen molar-refractivity contribution in [2.75, 3.05) is 6.61 Å². The highest BCUT2D eigenvalue weighted by Crippen LogP contribution is 2.05. The van der Waals surface area contributed by atoms with Crippen molar-refractivity contribution in [3.63, 3.8) is 0 Å². The maximum atomic E-state index is 11.8. The maximum absolute atomic E-state index is 11.8. The molecular weight excluding hydrogens is 294 g/mol. The Labute approximate surface area is 124 Å². The Bertz CT molecular complexity index is 783. The zero-order chi connectivity index (χ0) is 16.4. The Morgan fingerprint density at radius 3 is 2.50 bits per heavy atom. The third kappa shape index (κ3) is 3.22. The Morgan fingerprint density at radius 1 is 1.18 bits per heavy atom. The minimum Gasteiger partial charge on any atom is -0.394 e. The first-order valence-corrected chi connectivity index (χ1v) is 6.65. The standard InChI is InChI=1S/C13H17N3O6/c1-6-2-7-11(14-13(22)15-12(7)21)16(3-6)4-8(18)10(20)9(19)5-17/h2-3,8-10,17-20H,4-5H2,1H3,(H,15,21,22)/p+1/t8-,9+,10-/m0/s1. The average Bonchev–Trinajstić information content (AvgIpc) is 2.46. The van der Waals surface area contributed by atoms with Crippen LogP contribution >= 0.6 is 0 Å². The molecule has 0 radical (unpaired) electrons. The zero-order valence-electron chi connectivity index (χ0n) is 11.9. The number of H-pyrrole nitrogens is 2. The normalized spacial score (nSPS) is 15.7. The molecule has 0 saturated carbocycles. The summed E-state index contributed by atoms with van der Waals surface area (Å²) in [6, 6.07) is 1.58. The molecule has 3 atom stereocenters. The van der Waals surface area contributed by atoms with E-state index in [4.69, 9.17) is 5.11 Å².